The molecule has 154 valence electrons. The molecular formula is C23H29N3O3. The first-order valence-electron chi connectivity index (χ1n) is 10.1. The number of carbonyl (C=O) groups excluding carboxylic acids is 2. The van der Waals surface area contributed by atoms with Crippen molar-refractivity contribution in [1.82, 2.24) is 15.2 Å². The summed E-state index contributed by atoms with van der Waals surface area (Å²) in [5.74, 6) is -0.129. The summed E-state index contributed by atoms with van der Waals surface area (Å²) in [7, 11) is 0. The Balaban J connectivity index is 1.87. The molecule has 1 aliphatic heterocycles. The van der Waals surface area contributed by atoms with Gasteiger partial charge >= 0.3 is 6.09 Å². The lowest BCUT2D eigenvalue weighted by molar-refractivity contribution is -0.137. The van der Waals surface area contributed by atoms with Crippen LogP contribution in [0.3, 0.4) is 0 Å². The first-order chi connectivity index (χ1) is 13.8. The molecule has 29 heavy (non-hydrogen) atoms. The summed E-state index contributed by atoms with van der Waals surface area (Å²) in [5, 5.41) is 2.79. The van der Waals surface area contributed by atoms with E-state index in [9.17, 15) is 9.59 Å². The number of hydrogen-bond donors (Lipinski definition) is 1. The highest BCUT2D eigenvalue weighted by atomic mass is 16.6. The average Bonchev–Trinajstić information content (AvgIpc) is 2.71. The molecule has 3 rings (SSSR count). The molecule has 0 radical (unpaired) electrons. The zero-order valence-electron chi connectivity index (χ0n) is 17.3. The van der Waals surface area contributed by atoms with Crippen molar-refractivity contribution in [2.45, 2.75) is 57.7 Å². The molecule has 1 fully saturated rings. The van der Waals surface area contributed by atoms with Crippen LogP contribution in [0.25, 0.3) is 0 Å². The second-order valence-corrected chi connectivity index (χ2v) is 8.32. The number of alkyl carbamates (subject to hydrolysis) is 1. The highest BCUT2D eigenvalue weighted by Crippen LogP contribution is 2.33. The van der Waals surface area contributed by atoms with Gasteiger partial charge in [-0.05, 0) is 57.2 Å². The minimum Gasteiger partial charge on any atom is -0.444 e. The van der Waals surface area contributed by atoms with Gasteiger partial charge in [0.25, 0.3) is 0 Å². The van der Waals surface area contributed by atoms with E-state index in [4.69, 9.17) is 4.74 Å². The Labute approximate surface area is 172 Å². The Bertz CT molecular complexity index is 818. The lowest BCUT2D eigenvalue weighted by Gasteiger charge is -2.38. The van der Waals surface area contributed by atoms with Crippen molar-refractivity contribution in [3.05, 3.63) is 66.0 Å². The van der Waals surface area contributed by atoms with Gasteiger partial charge in [0, 0.05) is 18.9 Å². The van der Waals surface area contributed by atoms with Gasteiger partial charge in [0.2, 0.25) is 5.91 Å². The normalized spacial score (nSPS) is 18.0. The van der Waals surface area contributed by atoms with E-state index in [-0.39, 0.29) is 11.9 Å². The lowest BCUT2D eigenvalue weighted by atomic mass is 9.94. The van der Waals surface area contributed by atoms with Crippen molar-refractivity contribution in [1.29, 1.82) is 0 Å². The van der Waals surface area contributed by atoms with Crippen molar-refractivity contribution >= 4 is 12.0 Å². The number of nitrogens with one attached hydrogen (secondary N) is 1. The summed E-state index contributed by atoms with van der Waals surface area (Å²) in [6.07, 6.45) is 5.82. The van der Waals surface area contributed by atoms with Crippen molar-refractivity contribution in [2.75, 3.05) is 6.54 Å². The first kappa shape index (κ1) is 20.8. The van der Waals surface area contributed by atoms with Crippen LogP contribution in [0.15, 0.2) is 54.9 Å². The molecule has 6 heteroatoms. The summed E-state index contributed by atoms with van der Waals surface area (Å²) in [6, 6.07) is 12.4. The molecule has 0 aliphatic carbocycles. The number of pyridine rings is 1. The molecule has 6 nitrogen and oxygen atoms in total. The van der Waals surface area contributed by atoms with Crippen LogP contribution >= 0.6 is 0 Å². The first-order valence-corrected chi connectivity index (χ1v) is 10.1. The molecular weight excluding hydrogens is 366 g/mol. The summed E-state index contributed by atoms with van der Waals surface area (Å²) in [6.45, 7) is 6.05. The predicted molar refractivity (Wildman–Crippen MR) is 111 cm³/mol. The standard InChI is InChI=1S/C23H29N3O3/c1-23(2,3)29-22(28)25-20(17-10-5-4-6-11-17)21(27)26-15-8-7-13-19(26)18-12-9-14-24-16-18/h4-6,9-12,14,16,19-20H,7-8,13,15H2,1-3H3,(H,25,28)/t19-,20+/m1/s1. The second kappa shape index (κ2) is 9.07. The molecule has 2 amide bonds. The highest BCUT2D eigenvalue weighted by molar-refractivity contribution is 5.87. The van der Waals surface area contributed by atoms with Crippen LogP contribution in [0.4, 0.5) is 4.79 Å². The monoisotopic (exact) mass is 395 g/mol. The topological polar surface area (TPSA) is 71.5 Å². The molecule has 0 unspecified atom stereocenters. The Kier molecular flexibility index (Phi) is 6.52. The molecule has 2 atom stereocenters. The zero-order valence-corrected chi connectivity index (χ0v) is 17.3. The summed E-state index contributed by atoms with van der Waals surface area (Å²) >= 11 is 0. The summed E-state index contributed by atoms with van der Waals surface area (Å²) in [5.41, 5.74) is 1.11. The Morgan fingerprint density at radius 3 is 2.55 bits per heavy atom. The number of ether oxygens (including phenoxy) is 1. The van der Waals surface area contributed by atoms with Crippen LogP contribution in [0.1, 0.15) is 63.2 Å². The maximum Gasteiger partial charge on any atom is 0.408 e. The highest BCUT2D eigenvalue weighted by Gasteiger charge is 2.35. The molecule has 0 spiro atoms. The van der Waals surface area contributed by atoms with Gasteiger partial charge in [-0.15, -0.1) is 0 Å². The summed E-state index contributed by atoms with van der Waals surface area (Å²) < 4.78 is 5.41. The van der Waals surface area contributed by atoms with Crippen molar-refractivity contribution in [2.24, 2.45) is 0 Å². The van der Waals surface area contributed by atoms with E-state index >= 15 is 0 Å². The number of benzene rings is 1. The molecule has 0 bridgehead atoms. The lowest BCUT2D eigenvalue weighted by Crippen LogP contribution is -2.47. The molecule has 2 heterocycles. The van der Waals surface area contributed by atoms with Crippen molar-refractivity contribution < 1.29 is 14.3 Å². The Morgan fingerprint density at radius 1 is 1.14 bits per heavy atom. The zero-order chi connectivity index (χ0) is 20.9. The third-order valence-corrected chi connectivity index (χ3v) is 4.90. The number of aromatic nitrogens is 1. The van der Waals surface area contributed by atoms with Crippen LogP contribution in [0, 0.1) is 0 Å². The van der Waals surface area contributed by atoms with E-state index in [1.807, 2.05) is 53.6 Å². The summed E-state index contributed by atoms with van der Waals surface area (Å²) in [4.78, 5) is 32.2. The minimum absolute atomic E-state index is 0.0448. The number of likely N-dealkylation sites (tertiary alicyclic amines) is 1. The number of nitrogens with zero attached hydrogens (tertiary/aromatic N) is 2. The third kappa shape index (κ3) is 5.56. The number of carbonyl (C=O) groups is 2. The Morgan fingerprint density at radius 2 is 1.90 bits per heavy atom. The molecule has 0 saturated carbocycles. The van der Waals surface area contributed by atoms with E-state index in [0.29, 0.717) is 6.54 Å². The molecule has 1 saturated heterocycles. The fourth-order valence-electron chi connectivity index (χ4n) is 3.64. The van der Waals surface area contributed by atoms with Crippen LogP contribution < -0.4 is 5.32 Å². The van der Waals surface area contributed by atoms with Gasteiger partial charge in [-0.1, -0.05) is 36.4 Å². The smallest absolute Gasteiger partial charge is 0.408 e. The van der Waals surface area contributed by atoms with E-state index in [2.05, 4.69) is 10.3 Å². The Hall–Kier alpha value is -2.89. The minimum atomic E-state index is -0.802. The van der Waals surface area contributed by atoms with Gasteiger partial charge in [0.05, 0.1) is 6.04 Å². The van der Waals surface area contributed by atoms with E-state index < -0.39 is 17.7 Å². The number of amides is 2. The quantitative estimate of drug-likeness (QED) is 0.833. The van der Waals surface area contributed by atoms with Gasteiger partial charge in [-0.2, -0.15) is 0 Å². The van der Waals surface area contributed by atoms with Gasteiger partial charge in [0.1, 0.15) is 11.6 Å². The SMILES string of the molecule is CC(C)(C)OC(=O)N[C@H](C(=O)N1CCCC[C@@H]1c1cccnc1)c1ccccc1. The molecule has 1 N–H and O–H groups in total. The number of hydrogen-bond acceptors (Lipinski definition) is 4. The second-order valence-electron chi connectivity index (χ2n) is 8.32. The maximum absolute atomic E-state index is 13.6. The predicted octanol–water partition coefficient (Wildman–Crippen LogP) is 4.40. The van der Waals surface area contributed by atoms with Crippen LogP contribution in [-0.2, 0) is 9.53 Å². The largest absolute Gasteiger partial charge is 0.444 e. The van der Waals surface area contributed by atoms with Crippen molar-refractivity contribution in [3.63, 3.8) is 0 Å². The van der Waals surface area contributed by atoms with E-state index in [1.54, 1.807) is 27.0 Å². The molecule has 2 aromatic rings. The number of rotatable bonds is 4. The fourth-order valence-corrected chi connectivity index (χ4v) is 3.64. The van der Waals surface area contributed by atoms with E-state index in [0.717, 1.165) is 30.4 Å². The molecule has 1 aromatic heterocycles. The third-order valence-electron chi connectivity index (χ3n) is 4.90. The number of piperidine rings is 1. The van der Waals surface area contributed by atoms with Gasteiger partial charge in [0.15, 0.2) is 0 Å². The van der Waals surface area contributed by atoms with Crippen molar-refractivity contribution in [3.8, 4) is 0 Å². The maximum atomic E-state index is 13.6. The van der Waals surface area contributed by atoms with E-state index in [1.165, 1.54) is 0 Å². The van der Waals surface area contributed by atoms with Crippen LogP contribution in [-0.4, -0.2) is 34.0 Å². The molecule has 1 aliphatic rings. The average molecular weight is 396 g/mol. The van der Waals surface area contributed by atoms with Gasteiger partial charge in [-0.25, -0.2) is 4.79 Å². The fraction of sp³-hybridized carbons (Fsp3) is 0.435. The van der Waals surface area contributed by atoms with Gasteiger partial charge in [-0.3, -0.25) is 9.78 Å². The molecule has 1 aromatic carbocycles. The van der Waals surface area contributed by atoms with Gasteiger partial charge < -0.3 is 15.0 Å². The van der Waals surface area contributed by atoms with Crippen LogP contribution in [0.5, 0.6) is 0 Å². The van der Waals surface area contributed by atoms with Crippen LogP contribution in [0.2, 0.25) is 0 Å².